The molecule has 6 rings (SSSR count). The molecule has 0 spiro atoms. The van der Waals surface area contributed by atoms with Gasteiger partial charge in [0.15, 0.2) is 5.78 Å². The van der Waals surface area contributed by atoms with E-state index in [0.717, 1.165) is 12.0 Å². The molecule has 0 aromatic carbocycles. The third-order valence-electron chi connectivity index (χ3n) is 18.3. The van der Waals surface area contributed by atoms with Crippen LogP contribution in [-0.2, 0) is 57.1 Å². The van der Waals surface area contributed by atoms with Gasteiger partial charge in [-0.1, -0.05) is 78.0 Å². The molecule has 1 saturated carbocycles. The molecule has 0 radical (unpaired) electrons. The summed E-state index contributed by atoms with van der Waals surface area (Å²) in [7, 11) is 4.51. The Labute approximate surface area is 520 Å². The molecule has 22 nitrogen and oxygen atoms in total. The fourth-order valence-corrected chi connectivity index (χ4v) is 12.7. The van der Waals surface area contributed by atoms with Crippen LogP contribution < -0.4 is 10.2 Å². The predicted octanol–water partition coefficient (Wildman–Crippen LogP) is 7.09. The summed E-state index contributed by atoms with van der Waals surface area (Å²) in [4.78, 5) is 112. The standard InChI is InChI=1S/C66H100N6O16/c1-12-31-85-32-25-67-61(77)49-39-68-64(69-40-49)70-27-29-71(30-28-70)65(80)87-53-24-22-48(36-56(53)83-10)35-44(5)55-38-52(73)43(4)34-46(7)58(75)59(84-11)57(74)45(6)33-41(2)18-14-13-15-19-42(3)54(82-9)37-50-23-21-47(8)66(81,88-50)60(76)62(78)72-26-17-16-20-51(72)63(79)86-55/h13-15,18-19,34,39-41,43-45,47-48,50-51,53-56,58-59,75,81H,12,16-17,20-33,35-38H2,1-11H3,(H,67,77)/b15-13+,18-14+,42-19+,46-34+/t41-,43-,44-,45?,47-,48+,50+,51+,53-,54+,55+,56-,58-,59+,66-/m1/s1. The van der Waals surface area contributed by atoms with Gasteiger partial charge in [-0.15, -0.1) is 0 Å². The maximum atomic E-state index is 14.7. The van der Waals surface area contributed by atoms with Crippen LogP contribution >= 0.6 is 0 Å². The minimum absolute atomic E-state index is 0.0103. The van der Waals surface area contributed by atoms with Gasteiger partial charge in [-0.25, -0.2) is 19.6 Å². The van der Waals surface area contributed by atoms with Gasteiger partial charge in [0.05, 0.1) is 30.5 Å². The Hall–Kier alpha value is -5.75. The molecular formula is C66H100N6O16. The van der Waals surface area contributed by atoms with Gasteiger partial charge < -0.3 is 63.4 Å². The number of ketones is 3. The zero-order valence-corrected chi connectivity index (χ0v) is 53.9. The van der Waals surface area contributed by atoms with Crippen LogP contribution in [0.1, 0.15) is 149 Å². The summed E-state index contributed by atoms with van der Waals surface area (Å²) >= 11 is 0. The third kappa shape index (κ3) is 19.4. The van der Waals surface area contributed by atoms with Crippen LogP contribution in [0.3, 0.4) is 0 Å². The van der Waals surface area contributed by atoms with E-state index >= 15 is 0 Å². The summed E-state index contributed by atoms with van der Waals surface area (Å²) in [6.07, 6.45) is 13.6. The van der Waals surface area contributed by atoms with Crippen molar-refractivity contribution in [1.29, 1.82) is 0 Å². The molecule has 1 aliphatic carbocycles. The van der Waals surface area contributed by atoms with Crippen molar-refractivity contribution in [2.75, 3.05) is 78.7 Å². The first-order chi connectivity index (χ1) is 42.0. The van der Waals surface area contributed by atoms with Crippen molar-refractivity contribution in [3.63, 3.8) is 0 Å². The molecule has 5 heterocycles. The number of hydrogen-bond acceptors (Lipinski definition) is 19. The first-order valence-corrected chi connectivity index (χ1v) is 31.9. The van der Waals surface area contributed by atoms with Crippen LogP contribution in [0.15, 0.2) is 60.0 Å². The Morgan fingerprint density at radius 1 is 0.830 bits per heavy atom. The summed E-state index contributed by atoms with van der Waals surface area (Å²) in [5.74, 6) is -8.40. The Morgan fingerprint density at radius 3 is 2.24 bits per heavy atom. The number of Topliss-reactive ketones (excluding diaryl/α,β-unsaturated/α-hetero) is 3. The topological polar surface area (TPSA) is 272 Å². The number of hydrogen-bond donors (Lipinski definition) is 3. The zero-order valence-electron chi connectivity index (χ0n) is 53.9. The van der Waals surface area contributed by atoms with Gasteiger partial charge in [-0.05, 0) is 113 Å². The van der Waals surface area contributed by atoms with E-state index in [1.165, 1.54) is 24.4 Å². The van der Waals surface area contributed by atoms with Gasteiger partial charge in [0.1, 0.15) is 36.2 Å². The van der Waals surface area contributed by atoms with E-state index in [1.807, 2.05) is 63.0 Å². The number of esters is 1. The summed E-state index contributed by atoms with van der Waals surface area (Å²) in [6.45, 7) is 17.7. The number of amides is 3. The van der Waals surface area contributed by atoms with E-state index in [2.05, 4.69) is 15.3 Å². The predicted molar refractivity (Wildman–Crippen MR) is 329 cm³/mol. The summed E-state index contributed by atoms with van der Waals surface area (Å²) < 4.78 is 41.6. The highest BCUT2D eigenvalue weighted by molar-refractivity contribution is 6.39. The highest BCUT2D eigenvalue weighted by Gasteiger charge is 2.53. The van der Waals surface area contributed by atoms with Crippen molar-refractivity contribution in [3.05, 3.63) is 65.6 Å². The number of anilines is 1. The monoisotopic (exact) mass is 1230 g/mol. The van der Waals surface area contributed by atoms with Crippen LogP contribution in [0, 0.1) is 35.5 Å². The molecule has 2 bridgehead atoms. The van der Waals surface area contributed by atoms with Crippen molar-refractivity contribution in [2.24, 2.45) is 35.5 Å². The van der Waals surface area contributed by atoms with Gasteiger partial charge in [-0.3, -0.25) is 24.0 Å². The normalized spacial score (nSPS) is 33.9. The smallest absolute Gasteiger partial charge is 0.410 e. The van der Waals surface area contributed by atoms with Crippen molar-refractivity contribution >= 4 is 47.2 Å². The minimum Gasteiger partial charge on any atom is -0.460 e. The number of piperidine rings is 1. The van der Waals surface area contributed by atoms with Gasteiger partial charge in [-0.2, -0.15) is 0 Å². The fraction of sp³-hybridized carbons (Fsp3) is 0.712. The first-order valence-electron chi connectivity index (χ1n) is 31.9. The fourth-order valence-electron chi connectivity index (χ4n) is 12.7. The second-order valence-electron chi connectivity index (χ2n) is 25.1. The number of rotatable bonds is 14. The Morgan fingerprint density at radius 2 is 1.56 bits per heavy atom. The number of ether oxygens (including phenoxy) is 7. The number of nitrogens with one attached hydrogen (secondary N) is 1. The molecule has 3 N–H and O–H groups in total. The van der Waals surface area contributed by atoms with E-state index in [9.17, 15) is 43.8 Å². The molecule has 88 heavy (non-hydrogen) atoms. The number of aliphatic hydroxyl groups is 2. The molecule has 1 aromatic heterocycles. The molecule has 1 unspecified atom stereocenters. The summed E-state index contributed by atoms with van der Waals surface area (Å²) in [5, 5.41) is 26.5. The lowest BCUT2D eigenvalue weighted by Crippen LogP contribution is -2.61. The van der Waals surface area contributed by atoms with Crippen LogP contribution in [0.25, 0.3) is 0 Å². The van der Waals surface area contributed by atoms with Crippen LogP contribution in [-0.4, -0.2) is 200 Å². The average Bonchev–Trinajstić information content (AvgIpc) is 3.71. The number of nitrogens with zero attached hydrogens (tertiary/aromatic N) is 5. The van der Waals surface area contributed by atoms with Gasteiger partial charge >= 0.3 is 12.1 Å². The molecule has 3 saturated heterocycles. The minimum atomic E-state index is -2.47. The number of aromatic nitrogens is 2. The van der Waals surface area contributed by atoms with Crippen LogP contribution in [0.5, 0.6) is 0 Å². The number of cyclic esters (lactones) is 1. The molecular weight excluding hydrogens is 1130 g/mol. The molecule has 1 aromatic rings. The summed E-state index contributed by atoms with van der Waals surface area (Å²) in [5.41, 5.74) is 1.55. The highest BCUT2D eigenvalue weighted by Crippen LogP contribution is 2.38. The number of piperazine rings is 1. The lowest BCUT2D eigenvalue weighted by atomic mass is 9.78. The Balaban J connectivity index is 1.17. The van der Waals surface area contributed by atoms with E-state index < -0.39 is 102 Å². The SMILES string of the molecule is CCCOCCNC(=O)c1cnc(N2CCN(C(=O)O[C@@H]3CC[C@@H](C[C@@H](C)[C@@H]4CC(=O)[C@H](C)/C=C(\C)[C@@H](O)[C@@H](OC)C(=O)C(C)C[C@H](C)/C=C/C=C/C=C(\C)[C@@H](OC)C[C@@H]5CC[C@@H](C)[C@@](O)(O5)C(=O)C(=O)N5CCCC[C@H]5C(=O)O4)C[C@H]3OC)CC2)nc1. The lowest BCUT2D eigenvalue weighted by Gasteiger charge is -2.42. The van der Waals surface area contributed by atoms with Gasteiger partial charge in [0.25, 0.3) is 17.6 Å². The van der Waals surface area contributed by atoms with E-state index in [-0.39, 0.29) is 48.7 Å². The number of methoxy groups -OCH3 is 3. The van der Waals surface area contributed by atoms with Crippen molar-refractivity contribution in [1.82, 2.24) is 25.1 Å². The first kappa shape index (κ1) is 71.3. The molecule has 5 aliphatic rings. The summed E-state index contributed by atoms with van der Waals surface area (Å²) in [6, 6.07) is -1.20. The Kier molecular flexibility index (Phi) is 27.9. The maximum absolute atomic E-state index is 14.7. The van der Waals surface area contributed by atoms with E-state index in [4.69, 9.17) is 33.2 Å². The van der Waals surface area contributed by atoms with Gasteiger partial charge in [0.2, 0.25) is 11.7 Å². The van der Waals surface area contributed by atoms with Crippen LogP contribution in [0.2, 0.25) is 0 Å². The number of carbonyl (C=O) groups is 7. The van der Waals surface area contributed by atoms with Crippen molar-refractivity contribution in [2.45, 2.75) is 193 Å². The molecule has 3 amide bonds. The molecule has 15 atom stereocenters. The van der Waals surface area contributed by atoms with Crippen LogP contribution in [0.4, 0.5) is 10.7 Å². The van der Waals surface area contributed by atoms with E-state index in [1.54, 1.807) is 52.9 Å². The number of allylic oxidation sites excluding steroid dienone is 6. The maximum Gasteiger partial charge on any atom is 0.410 e. The quantitative estimate of drug-likeness (QED) is 0.0725. The molecule has 4 fully saturated rings. The van der Waals surface area contributed by atoms with E-state index in [0.29, 0.717) is 127 Å². The second-order valence-corrected chi connectivity index (χ2v) is 25.1. The average molecular weight is 1230 g/mol. The van der Waals surface area contributed by atoms with Crippen molar-refractivity contribution < 1.29 is 76.9 Å². The lowest BCUT2D eigenvalue weighted by molar-refractivity contribution is -0.265. The molecule has 490 valence electrons. The van der Waals surface area contributed by atoms with Crippen molar-refractivity contribution in [3.8, 4) is 0 Å². The number of fused-ring (bicyclic) bond motifs is 3. The highest BCUT2D eigenvalue weighted by atomic mass is 16.6. The largest absolute Gasteiger partial charge is 0.460 e. The zero-order chi connectivity index (χ0) is 64.2. The third-order valence-corrected chi connectivity index (χ3v) is 18.3. The second kappa shape index (κ2) is 34.4. The van der Waals surface area contributed by atoms with Gasteiger partial charge in [0, 0.05) is 110 Å². The Bertz CT molecular complexity index is 2620. The number of carbonyl (C=O) groups excluding carboxylic acids is 7. The molecule has 22 heteroatoms. The molecule has 4 aliphatic heterocycles. The number of aliphatic hydroxyl groups excluding tert-OH is 1.